The van der Waals surface area contributed by atoms with Crippen molar-refractivity contribution in [2.24, 2.45) is 11.8 Å². The Bertz CT molecular complexity index is 670. The molecule has 0 aromatic carbocycles. The van der Waals surface area contributed by atoms with E-state index in [0.717, 1.165) is 56.3 Å². The summed E-state index contributed by atoms with van der Waals surface area (Å²) in [6.07, 6.45) is 7.70. The second-order valence-corrected chi connectivity index (χ2v) is 7.12. The van der Waals surface area contributed by atoms with Gasteiger partial charge in [-0.25, -0.2) is 15.0 Å². The molecule has 5 rings (SSSR count). The number of hydrogen-bond donors (Lipinski definition) is 0. The molecule has 3 fully saturated rings. The average molecular weight is 311 g/mol. The van der Waals surface area contributed by atoms with Crippen LogP contribution in [0.5, 0.6) is 0 Å². The molecule has 0 spiro atoms. The van der Waals surface area contributed by atoms with E-state index in [4.69, 9.17) is 4.42 Å². The zero-order valence-electron chi connectivity index (χ0n) is 13.1. The minimum absolute atomic E-state index is 0.690. The lowest BCUT2D eigenvalue weighted by Crippen LogP contribution is -2.29. The summed E-state index contributed by atoms with van der Waals surface area (Å²) in [7, 11) is 0. The van der Waals surface area contributed by atoms with E-state index in [0.29, 0.717) is 5.92 Å². The number of hydrogen-bond acceptors (Lipinski definition) is 6. The third-order valence-corrected chi connectivity index (χ3v) is 5.40. The number of oxazole rings is 1. The van der Waals surface area contributed by atoms with Crippen molar-refractivity contribution in [3.05, 3.63) is 36.4 Å². The summed E-state index contributed by atoms with van der Waals surface area (Å²) in [5.41, 5.74) is 1.23. The van der Waals surface area contributed by atoms with Gasteiger partial charge in [0.2, 0.25) is 5.89 Å². The lowest BCUT2D eigenvalue weighted by atomic mass is 10.0. The van der Waals surface area contributed by atoms with Crippen LogP contribution < -0.4 is 4.90 Å². The molecule has 1 aliphatic carbocycles. The highest BCUT2D eigenvalue weighted by Gasteiger charge is 2.40. The summed E-state index contributed by atoms with van der Waals surface area (Å²) in [4.78, 5) is 18.1. The molecule has 2 unspecified atom stereocenters. The van der Waals surface area contributed by atoms with Crippen LogP contribution in [0.2, 0.25) is 0 Å². The molecule has 23 heavy (non-hydrogen) atoms. The van der Waals surface area contributed by atoms with Gasteiger partial charge >= 0.3 is 0 Å². The van der Waals surface area contributed by atoms with Gasteiger partial charge in [0.1, 0.15) is 18.4 Å². The predicted molar refractivity (Wildman–Crippen MR) is 85.0 cm³/mol. The molecule has 2 atom stereocenters. The zero-order chi connectivity index (χ0) is 15.2. The van der Waals surface area contributed by atoms with E-state index in [2.05, 4.69) is 30.8 Å². The summed E-state index contributed by atoms with van der Waals surface area (Å²) < 4.78 is 5.37. The standard InChI is InChI=1S/C17H21N5O/c1-2-12(1)15-5-16(20-11-19-15)22-8-13-6-21(7-14(13)9-22)10-17-18-3-4-23-17/h3-5,11-14H,1-2,6-10H2. The number of aromatic nitrogens is 3. The van der Waals surface area contributed by atoms with Crippen LogP contribution in [0.25, 0.3) is 0 Å². The molecule has 0 bridgehead atoms. The minimum Gasteiger partial charge on any atom is -0.448 e. The van der Waals surface area contributed by atoms with Crippen molar-refractivity contribution in [2.75, 3.05) is 31.1 Å². The second kappa shape index (κ2) is 5.30. The fraction of sp³-hybridized carbons (Fsp3) is 0.588. The third kappa shape index (κ3) is 2.61. The molecule has 2 aromatic rings. The van der Waals surface area contributed by atoms with Crippen LogP contribution in [0.15, 0.2) is 29.3 Å². The molecule has 6 heteroatoms. The van der Waals surface area contributed by atoms with E-state index in [1.165, 1.54) is 18.5 Å². The average Bonchev–Trinajstić information content (AvgIpc) is 2.96. The molecule has 0 radical (unpaired) electrons. The maximum Gasteiger partial charge on any atom is 0.208 e. The van der Waals surface area contributed by atoms with E-state index in [1.54, 1.807) is 18.8 Å². The maximum atomic E-state index is 5.37. The number of anilines is 1. The Hall–Kier alpha value is -1.95. The molecular weight excluding hydrogens is 290 g/mol. The first-order valence-electron chi connectivity index (χ1n) is 8.53. The van der Waals surface area contributed by atoms with Gasteiger partial charge in [0.25, 0.3) is 0 Å². The highest BCUT2D eigenvalue weighted by atomic mass is 16.3. The minimum atomic E-state index is 0.690. The fourth-order valence-corrected chi connectivity index (χ4v) is 4.07. The van der Waals surface area contributed by atoms with Crippen molar-refractivity contribution in [3.63, 3.8) is 0 Å². The van der Waals surface area contributed by atoms with Gasteiger partial charge in [-0.15, -0.1) is 0 Å². The molecule has 2 aromatic heterocycles. The fourth-order valence-electron chi connectivity index (χ4n) is 4.07. The second-order valence-electron chi connectivity index (χ2n) is 7.12. The van der Waals surface area contributed by atoms with Crippen LogP contribution in [0, 0.1) is 11.8 Å². The van der Waals surface area contributed by atoms with Crippen LogP contribution in [-0.4, -0.2) is 46.0 Å². The Kier molecular flexibility index (Phi) is 3.11. The number of nitrogens with zero attached hydrogens (tertiary/aromatic N) is 5. The Morgan fingerprint density at radius 1 is 1.04 bits per heavy atom. The molecule has 0 amide bonds. The van der Waals surface area contributed by atoms with Crippen molar-refractivity contribution < 1.29 is 4.42 Å². The monoisotopic (exact) mass is 311 g/mol. The molecule has 6 nitrogen and oxygen atoms in total. The zero-order valence-corrected chi connectivity index (χ0v) is 13.1. The molecule has 3 aliphatic rings. The SMILES string of the molecule is c1nc(C2CC2)cc(N2CC3CN(Cc4ncco4)CC3C2)n1. The molecule has 120 valence electrons. The summed E-state index contributed by atoms with van der Waals surface area (Å²) in [6, 6.07) is 2.21. The first kappa shape index (κ1) is 13.5. The van der Waals surface area contributed by atoms with Gasteiger partial charge in [0, 0.05) is 43.9 Å². The quantitative estimate of drug-likeness (QED) is 0.860. The van der Waals surface area contributed by atoms with E-state index in [9.17, 15) is 0 Å². The van der Waals surface area contributed by atoms with E-state index < -0.39 is 0 Å². The third-order valence-electron chi connectivity index (χ3n) is 5.40. The van der Waals surface area contributed by atoms with Gasteiger partial charge in [-0.3, -0.25) is 4.90 Å². The Morgan fingerprint density at radius 2 is 1.87 bits per heavy atom. The van der Waals surface area contributed by atoms with Gasteiger partial charge in [0.05, 0.1) is 12.7 Å². The predicted octanol–water partition coefficient (Wildman–Crippen LogP) is 1.91. The summed E-state index contributed by atoms with van der Waals surface area (Å²) >= 11 is 0. The van der Waals surface area contributed by atoms with Gasteiger partial charge in [0.15, 0.2) is 0 Å². The number of fused-ring (bicyclic) bond motifs is 1. The van der Waals surface area contributed by atoms with Crippen LogP contribution in [0.1, 0.15) is 30.3 Å². The Balaban J connectivity index is 1.24. The smallest absolute Gasteiger partial charge is 0.208 e. The van der Waals surface area contributed by atoms with E-state index in [1.807, 2.05) is 0 Å². The van der Waals surface area contributed by atoms with Crippen molar-refractivity contribution in [1.82, 2.24) is 19.9 Å². The molecule has 2 aliphatic heterocycles. The summed E-state index contributed by atoms with van der Waals surface area (Å²) in [5, 5.41) is 0. The van der Waals surface area contributed by atoms with Crippen LogP contribution in [-0.2, 0) is 6.54 Å². The Labute approximate surface area is 135 Å². The Morgan fingerprint density at radius 3 is 2.57 bits per heavy atom. The highest BCUT2D eigenvalue weighted by Crippen LogP contribution is 2.40. The van der Waals surface area contributed by atoms with Gasteiger partial charge in [-0.2, -0.15) is 0 Å². The van der Waals surface area contributed by atoms with E-state index >= 15 is 0 Å². The van der Waals surface area contributed by atoms with Gasteiger partial charge in [-0.1, -0.05) is 0 Å². The number of rotatable bonds is 4. The first-order chi connectivity index (χ1) is 11.3. The van der Waals surface area contributed by atoms with E-state index in [-0.39, 0.29) is 0 Å². The van der Waals surface area contributed by atoms with Gasteiger partial charge < -0.3 is 9.32 Å². The molecular formula is C17H21N5O. The van der Waals surface area contributed by atoms with Crippen molar-refractivity contribution in [1.29, 1.82) is 0 Å². The molecule has 0 N–H and O–H groups in total. The lowest BCUT2D eigenvalue weighted by Gasteiger charge is -2.21. The topological polar surface area (TPSA) is 58.3 Å². The highest BCUT2D eigenvalue weighted by molar-refractivity contribution is 5.42. The van der Waals surface area contributed by atoms with Crippen LogP contribution in [0.3, 0.4) is 0 Å². The molecule has 2 saturated heterocycles. The van der Waals surface area contributed by atoms with Crippen LogP contribution in [0.4, 0.5) is 5.82 Å². The summed E-state index contributed by atoms with van der Waals surface area (Å²) in [5.74, 6) is 4.09. The molecule has 1 saturated carbocycles. The maximum absolute atomic E-state index is 5.37. The largest absolute Gasteiger partial charge is 0.448 e. The summed E-state index contributed by atoms with van der Waals surface area (Å²) in [6.45, 7) is 5.30. The van der Waals surface area contributed by atoms with Crippen molar-refractivity contribution in [3.8, 4) is 0 Å². The van der Waals surface area contributed by atoms with Gasteiger partial charge in [-0.05, 0) is 24.7 Å². The van der Waals surface area contributed by atoms with Crippen molar-refractivity contribution >= 4 is 5.82 Å². The lowest BCUT2D eigenvalue weighted by molar-refractivity contribution is 0.274. The number of likely N-dealkylation sites (tertiary alicyclic amines) is 1. The van der Waals surface area contributed by atoms with Crippen molar-refractivity contribution in [2.45, 2.75) is 25.3 Å². The normalized spacial score (nSPS) is 27.6. The first-order valence-corrected chi connectivity index (χ1v) is 8.53. The molecule has 4 heterocycles. The van der Waals surface area contributed by atoms with Crippen LogP contribution >= 0.6 is 0 Å².